The number of aromatic nitrogens is 4. The zero-order valence-corrected chi connectivity index (χ0v) is 12.6. The summed E-state index contributed by atoms with van der Waals surface area (Å²) in [7, 11) is 0. The minimum absolute atomic E-state index is 0.0722. The molecule has 3 heterocycles. The Kier molecular flexibility index (Phi) is 5.22. The number of amides is 1. The van der Waals surface area contributed by atoms with Gasteiger partial charge in [-0.3, -0.25) is 14.7 Å². The van der Waals surface area contributed by atoms with Gasteiger partial charge in [-0.05, 0) is 13.0 Å². The lowest BCUT2D eigenvalue weighted by atomic mass is 10.3. The highest BCUT2D eigenvalue weighted by atomic mass is 16.5. The van der Waals surface area contributed by atoms with E-state index in [2.05, 4.69) is 30.3 Å². The molecule has 1 saturated heterocycles. The van der Waals surface area contributed by atoms with E-state index in [9.17, 15) is 4.79 Å². The first-order valence-electron chi connectivity index (χ1n) is 7.51. The molecule has 0 spiro atoms. The van der Waals surface area contributed by atoms with Crippen molar-refractivity contribution in [2.75, 3.05) is 39.4 Å². The van der Waals surface area contributed by atoms with E-state index in [1.807, 2.05) is 0 Å². The van der Waals surface area contributed by atoms with E-state index in [1.54, 1.807) is 6.20 Å². The third-order valence-corrected chi connectivity index (χ3v) is 3.45. The summed E-state index contributed by atoms with van der Waals surface area (Å²) in [6.07, 6.45) is 5.44. The highest BCUT2D eigenvalue weighted by molar-refractivity contribution is 5.89. The Balaban J connectivity index is 1.44. The summed E-state index contributed by atoms with van der Waals surface area (Å²) in [5, 5.41) is 6.51. The van der Waals surface area contributed by atoms with E-state index in [1.165, 1.54) is 12.4 Å². The van der Waals surface area contributed by atoms with Gasteiger partial charge >= 0.3 is 11.8 Å². The average Bonchev–Trinajstić information content (AvgIpc) is 3.10. The van der Waals surface area contributed by atoms with E-state index in [0.717, 1.165) is 39.3 Å². The van der Waals surface area contributed by atoms with Gasteiger partial charge in [-0.1, -0.05) is 5.16 Å². The number of nitrogens with one attached hydrogen (secondary N) is 1. The summed E-state index contributed by atoms with van der Waals surface area (Å²) < 4.78 is 10.3. The molecule has 0 aromatic carbocycles. The number of morpholine rings is 1. The van der Waals surface area contributed by atoms with E-state index in [-0.39, 0.29) is 17.6 Å². The van der Waals surface area contributed by atoms with Crippen molar-refractivity contribution in [1.82, 2.24) is 30.3 Å². The number of carbonyl (C=O) groups is 1. The zero-order valence-electron chi connectivity index (χ0n) is 12.6. The van der Waals surface area contributed by atoms with Crippen molar-refractivity contribution < 1.29 is 14.1 Å². The Hall–Kier alpha value is -2.39. The fourth-order valence-electron chi connectivity index (χ4n) is 2.24. The third-order valence-electron chi connectivity index (χ3n) is 3.45. The smallest absolute Gasteiger partial charge is 0.316 e. The molecule has 0 aliphatic carbocycles. The molecule has 122 valence electrons. The molecular formula is C14H18N6O3. The summed E-state index contributed by atoms with van der Waals surface area (Å²) >= 11 is 0. The van der Waals surface area contributed by atoms with Crippen LogP contribution in [-0.4, -0.2) is 70.3 Å². The molecule has 0 bridgehead atoms. The Labute approximate surface area is 133 Å². The minimum Gasteiger partial charge on any atom is -0.379 e. The number of hydrogen-bond donors (Lipinski definition) is 1. The maximum atomic E-state index is 12.0. The van der Waals surface area contributed by atoms with Crippen LogP contribution in [0.4, 0.5) is 0 Å². The van der Waals surface area contributed by atoms with Crippen LogP contribution in [0.5, 0.6) is 0 Å². The van der Waals surface area contributed by atoms with Gasteiger partial charge in [-0.2, -0.15) is 4.98 Å². The monoisotopic (exact) mass is 318 g/mol. The quantitative estimate of drug-likeness (QED) is 0.741. The van der Waals surface area contributed by atoms with Crippen LogP contribution in [0, 0.1) is 0 Å². The summed E-state index contributed by atoms with van der Waals surface area (Å²) in [5.41, 5.74) is 0.461. The molecule has 2 aromatic rings. The lowest BCUT2D eigenvalue weighted by Crippen LogP contribution is -2.38. The molecule has 1 amide bonds. The fourth-order valence-corrected chi connectivity index (χ4v) is 2.24. The first-order chi connectivity index (χ1) is 11.3. The Bertz CT molecular complexity index is 626. The highest BCUT2D eigenvalue weighted by Gasteiger charge is 2.16. The van der Waals surface area contributed by atoms with Crippen LogP contribution in [0.1, 0.15) is 17.1 Å². The van der Waals surface area contributed by atoms with Crippen molar-refractivity contribution in [3.63, 3.8) is 0 Å². The zero-order chi connectivity index (χ0) is 15.9. The second kappa shape index (κ2) is 7.75. The van der Waals surface area contributed by atoms with E-state index < -0.39 is 0 Å². The summed E-state index contributed by atoms with van der Waals surface area (Å²) in [4.78, 5) is 26.3. The van der Waals surface area contributed by atoms with Gasteiger partial charge in [-0.15, -0.1) is 0 Å². The van der Waals surface area contributed by atoms with Gasteiger partial charge in [0.15, 0.2) is 0 Å². The molecule has 9 heteroatoms. The molecule has 0 saturated carbocycles. The second-order valence-corrected chi connectivity index (χ2v) is 5.08. The van der Waals surface area contributed by atoms with Gasteiger partial charge in [0, 0.05) is 32.0 Å². The van der Waals surface area contributed by atoms with E-state index in [0.29, 0.717) is 12.2 Å². The van der Waals surface area contributed by atoms with Crippen molar-refractivity contribution in [1.29, 1.82) is 0 Å². The first kappa shape index (κ1) is 15.5. The lowest BCUT2D eigenvalue weighted by Gasteiger charge is -2.26. The summed E-state index contributed by atoms with van der Waals surface area (Å²) in [5.74, 6) is -0.205. The van der Waals surface area contributed by atoms with Gasteiger partial charge in [-0.25, -0.2) is 4.98 Å². The Morgan fingerprint density at radius 3 is 2.96 bits per heavy atom. The van der Waals surface area contributed by atoms with Crippen LogP contribution in [-0.2, 0) is 4.74 Å². The molecule has 0 atom stereocenters. The van der Waals surface area contributed by atoms with E-state index in [4.69, 9.17) is 9.26 Å². The molecular weight excluding hydrogens is 300 g/mol. The molecule has 1 aliphatic rings. The molecule has 23 heavy (non-hydrogen) atoms. The summed E-state index contributed by atoms with van der Waals surface area (Å²) in [6.45, 7) is 4.93. The van der Waals surface area contributed by atoms with Gasteiger partial charge in [0.2, 0.25) is 5.82 Å². The molecule has 2 aromatic heterocycles. The van der Waals surface area contributed by atoms with Crippen molar-refractivity contribution in [3.8, 4) is 11.5 Å². The van der Waals surface area contributed by atoms with E-state index >= 15 is 0 Å². The number of carbonyl (C=O) groups excluding carboxylic acids is 1. The minimum atomic E-state index is -0.380. The molecule has 0 unspecified atom stereocenters. The Morgan fingerprint density at radius 1 is 1.30 bits per heavy atom. The van der Waals surface area contributed by atoms with Crippen LogP contribution in [0.15, 0.2) is 23.1 Å². The molecule has 3 rings (SSSR count). The predicted molar refractivity (Wildman–Crippen MR) is 79.5 cm³/mol. The average molecular weight is 318 g/mol. The topological polar surface area (TPSA) is 106 Å². The van der Waals surface area contributed by atoms with Gasteiger partial charge in [0.1, 0.15) is 5.69 Å². The van der Waals surface area contributed by atoms with Crippen LogP contribution in [0.25, 0.3) is 11.5 Å². The number of hydrogen-bond acceptors (Lipinski definition) is 8. The highest BCUT2D eigenvalue weighted by Crippen LogP contribution is 2.10. The Morgan fingerprint density at radius 2 is 2.17 bits per heavy atom. The fraction of sp³-hybridized carbons (Fsp3) is 0.500. The largest absolute Gasteiger partial charge is 0.379 e. The predicted octanol–water partition coefficient (Wildman–Crippen LogP) is -0.0213. The van der Waals surface area contributed by atoms with Gasteiger partial charge in [0.25, 0.3) is 0 Å². The SMILES string of the molecule is O=C(NCCCN1CCOCC1)c1nc(-c2cnccn2)no1. The number of rotatable bonds is 6. The van der Waals surface area contributed by atoms with Gasteiger partial charge < -0.3 is 14.6 Å². The second-order valence-electron chi connectivity index (χ2n) is 5.08. The molecule has 9 nitrogen and oxygen atoms in total. The van der Waals surface area contributed by atoms with Crippen LogP contribution in [0.3, 0.4) is 0 Å². The normalized spacial score (nSPS) is 15.5. The molecule has 0 radical (unpaired) electrons. The maximum Gasteiger partial charge on any atom is 0.316 e. The molecule has 1 fully saturated rings. The van der Waals surface area contributed by atoms with Crippen LogP contribution in [0.2, 0.25) is 0 Å². The van der Waals surface area contributed by atoms with Crippen LogP contribution < -0.4 is 5.32 Å². The molecule has 1 aliphatic heterocycles. The first-order valence-corrected chi connectivity index (χ1v) is 7.51. The van der Waals surface area contributed by atoms with Crippen molar-refractivity contribution in [3.05, 3.63) is 24.5 Å². The van der Waals surface area contributed by atoms with Crippen LogP contribution >= 0.6 is 0 Å². The third kappa shape index (κ3) is 4.30. The van der Waals surface area contributed by atoms with Crippen molar-refractivity contribution in [2.45, 2.75) is 6.42 Å². The number of ether oxygens (including phenoxy) is 1. The lowest BCUT2D eigenvalue weighted by molar-refractivity contribution is 0.0374. The number of nitrogens with zero attached hydrogens (tertiary/aromatic N) is 5. The van der Waals surface area contributed by atoms with Crippen molar-refractivity contribution in [2.24, 2.45) is 0 Å². The molecule has 1 N–H and O–H groups in total. The standard InChI is InChI=1S/C14H18N6O3/c21-13(17-2-1-5-20-6-8-22-9-7-20)14-18-12(19-23-14)11-10-15-3-4-16-11/h3-4,10H,1-2,5-9H2,(H,17,21). The maximum absolute atomic E-state index is 12.0. The summed E-state index contributed by atoms with van der Waals surface area (Å²) in [6, 6.07) is 0. The van der Waals surface area contributed by atoms with Gasteiger partial charge in [0.05, 0.1) is 19.4 Å². The van der Waals surface area contributed by atoms with Crippen molar-refractivity contribution >= 4 is 5.91 Å².